The van der Waals surface area contributed by atoms with Crippen molar-refractivity contribution < 1.29 is 14.9 Å². The third kappa shape index (κ3) is 2.41. The van der Waals surface area contributed by atoms with E-state index in [4.69, 9.17) is 10.1 Å². The quantitative estimate of drug-likeness (QED) is 0.739. The summed E-state index contributed by atoms with van der Waals surface area (Å²) in [7, 11) is 0. The first-order valence-corrected chi connectivity index (χ1v) is 6.69. The van der Waals surface area contributed by atoms with Crippen LogP contribution in [0.15, 0.2) is 30.6 Å². The summed E-state index contributed by atoms with van der Waals surface area (Å²) < 4.78 is 5.40. The first-order chi connectivity index (χ1) is 10.1. The van der Waals surface area contributed by atoms with Gasteiger partial charge in [-0.25, -0.2) is 0 Å². The van der Waals surface area contributed by atoms with Gasteiger partial charge in [0, 0.05) is 34.8 Å². The molecule has 3 N–H and O–H groups in total. The number of hydrogen-bond acceptors (Lipinski definition) is 5. The van der Waals surface area contributed by atoms with Crippen LogP contribution in [-0.2, 0) is 11.3 Å². The van der Waals surface area contributed by atoms with Gasteiger partial charge in [-0.3, -0.25) is 4.98 Å². The average molecular weight is 284 g/mol. The van der Waals surface area contributed by atoms with Gasteiger partial charge in [0.1, 0.15) is 11.9 Å². The summed E-state index contributed by atoms with van der Waals surface area (Å²) in [6, 6.07) is 5.11. The Hall–Kier alpha value is -2.24. The summed E-state index contributed by atoms with van der Waals surface area (Å²) in [5.41, 5.74) is 4.17. The summed E-state index contributed by atoms with van der Waals surface area (Å²) >= 11 is 0. The molecule has 1 aliphatic rings. The number of benzene rings is 1. The van der Waals surface area contributed by atoms with Crippen LogP contribution in [0.25, 0.3) is 11.1 Å². The third-order valence-corrected chi connectivity index (χ3v) is 3.68. The highest BCUT2D eigenvalue weighted by molar-refractivity contribution is 5.99. The maximum atomic E-state index is 9.98. The lowest BCUT2D eigenvalue weighted by atomic mass is 9.93. The van der Waals surface area contributed by atoms with E-state index in [-0.39, 0.29) is 12.4 Å². The van der Waals surface area contributed by atoms with Crippen LogP contribution in [-0.4, -0.2) is 27.5 Å². The average Bonchev–Trinajstić information content (AvgIpc) is 2.47. The van der Waals surface area contributed by atoms with Crippen molar-refractivity contribution in [2.75, 3.05) is 6.61 Å². The fourth-order valence-corrected chi connectivity index (χ4v) is 2.57. The van der Waals surface area contributed by atoms with Crippen LogP contribution >= 0.6 is 0 Å². The topological polar surface area (TPSA) is 86.4 Å². The lowest BCUT2D eigenvalue weighted by Crippen LogP contribution is -2.17. The van der Waals surface area contributed by atoms with Gasteiger partial charge in [0.05, 0.1) is 13.2 Å². The van der Waals surface area contributed by atoms with Crippen LogP contribution in [0.1, 0.15) is 29.7 Å². The Morgan fingerprint density at radius 1 is 1.38 bits per heavy atom. The minimum atomic E-state index is -0.665. The molecule has 0 fully saturated rings. The van der Waals surface area contributed by atoms with Crippen LogP contribution in [0.3, 0.4) is 0 Å². The molecule has 21 heavy (non-hydrogen) atoms. The summed E-state index contributed by atoms with van der Waals surface area (Å²) in [6.45, 7) is 2.33. The van der Waals surface area contributed by atoms with Gasteiger partial charge in [-0.15, -0.1) is 0 Å². The van der Waals surface area contributed by atoms with Gasteiger partial charge in [-0.2, -0.15) is 0 Å². The van der Waals surface area contributed by atoms with Crippen molar-refractivity contribution >= 4 is 5.71 Å². The second kappa shape index (κ2) is 5.27. The molecule has 1 aromatic heterocycles. The van der Waals surface area contributed by atoms with Gasteiger partial charge >= 0.3 is 0 Å². The van der Waals surface area contributed by atoms with Gasteiger partial charge in [0.15, 0.2) is 0 Å². The van der Waals surface area contributed by atoms with E-state index < -0.39 is 6.10 Å². The minimum Gasteiger partial charge on any atom is -0.507 e. The minimum absolute atomic E-state index is 0.0836. The highest BCUT2D eigenvalue weighted by Crippen LogP contribution is 2.34. The molecule has 1 aromatic carbocycles. The molecular formula is C16H16N2O3. The summed E-state index contributed by atoms with van der Waals surface area (Å²) in [6.07, 6.45) is 2.72. The number of hydrogen-bond donors (Lipinski definition) is 3. The standard InChI is InChI=1S/C16H16N2O3/c1-9(17)11-4-10(2-3-15(11)19)12-5-18-6-13-14(12)7-21-8-16(13)20/h2-6,16-17,19-20H,7-8H2,1H3. The molecule has 5 heteroatoms. The first kappa shape index (κ1) is 13.7. The Kier molecular flexibility index (Phi) is 3.45. The maximum Gasteiger partial charge on any atom is 0.124 e. The lowest BCUT2D eigenvalue weighted by molar-refractivity contribution is 0.00981. The fourth-order valence-electron chi connectivity index (χ4n) is 2.57. The molecule has 0 saturated carbocycles. The number of phenols is 1. The van der Waals surface area contributed by atoms with E-state index in [2.05, 4.69) is 4.98 Å². The van der Waals surface area contributed by atoms with Gasteiger partial charge in [0.25, 0.3) is 0 Å². The first-order valence-electron chi connectivity index (χ1n) is 6.69. The number of aromatic nitrogens is 1. The third-order valence-electron chi connectivity index (χ3n) is 3.68. The highest BCUT2D eigenvalue weighted by Gasteiger charge is 2.22. The lowest BCUT2D eigenvalue weighted by Gasteiger charge is -2.23. The molecule has 1 unspecified atom stereocenters. The Morgan fingerprint density at radius 2 is 2.19 bits per heavy atom. The molecule has 1 aliphatic heterocycles. The van der Waals surface area contributed by atoms with E-state index in [1.807, 2.05) is 0 Å². The van der Waals surface area contributed by atoms with Gasteiger partial charge < -0.3 is 20.4 Å². The predicted octanol–water partition coefficient (Wildman–Crippen LogP) is 2.41. The van der Waals surface area contributed by atoms with E-state index in [0.29, 0.717) is 17.9 Å². The summed E-state index contributed by atoms with van der Waals surface area (Å²) in [4.78, 5) is 4.19. The summed E-state index contributed by atoms with van der Waals surface area (Å²) in [5.74, 6) is 0.0836. The molecule has 0 aliphatic carbocycles. The van der Waals surface area contributed by atoms with Crippen LogP contribution < -0.4 is 0 Å². The van der Waals surface area contributed by atoms with Crippen LogP contribution in [0.2, 0.25) is 0 Å². The molecule has 1 atom stereocenters. The number of aliphatic hydroxyl groups excluding tert-OH is 1. The maximum absolute atomic E-state index is 9.98. The van der Waals surface area contributed by atoms with Crippen LogP contribution in [0.5, 0.6) is 5.75 Å². The molecule has 108 valence electrons. The van der Waals surface area contributed by atoms with Crippen molar-refractivity contribution in [2.45, 2.75) is 19.6 Å². The number of nitrogens with one attached hydrogen (secondary N) is 1. The van der Waals surface area contributed by atoms with Crippen molar-refractivity contribution in [1.29, 1.82) is 5.41 Å². The fraction of sp³-hybridized carbons (Fsp3) is 0.250. The molecule has 5 nitrogen and oxygen atoms in total. The van der Waals surface area contributed by atoms with Gasteiger partial charge in [-0.05, 0) is 30.2 Å². The predicted molar refractivity (Wildman–Crippen MR) is 78.5 cm³/mol. The number of rotatable bonds is 2. The zero-order chi connectivity index (χ0) is 15.0. The molecular weight excluding hydrogens is 268 g/mol. The van der Waals surface area contributed by atoms with E-state index in [0.717, 1.165) is 22.3 Å². The molecule has 0 radical (unpaired) electrons. The van der Waals surface area contributed by atoms with E-state index in [9.17, 15) is 10.2 Å². The zero-order valence-corrected chi connectivity index (χ0v) is 11.6. The molecule has 0 spiro atoms. The Bertz CT molecular complexity index is 713. The van der Waals surface area contributed by atoms with Crippen LogP contribution in [0.4, 0.5) is 0 Å². The number of phenolic OH excluding ortho intramolecular Hbond substituents is 1. The molecule has 2 aromatic rings. The molecule has 2 heterocycles. The molecule has 0 amide bonds. The van der Waals surface area contributed by atoms with E-state index in [1.165, 1.54) is 0 Å². The normalized spacial score (nSPS) is 17.3. The number of aliphatic hydroxyl groups is 1. The second-order valence-corrected chi connectivity index (χ2v) is 5.14. The second-order valence-electron chi connectivity index (χ2n) is 5.14. The van der Waals surface area contributed by atoms with Crippen molar-refractivity contribution in [1.82, 2.24) is 4.98 Å². The van der Waals surface area contributed by atoms with E-state index in [1.54, 1.807) is 37.5 Å². The smallest absolute Gasteiger partial charge is 0.124 e. The Labute approximate surface area is 122 Å². The SMILES string of the molecule is CC(=N)c1cc(-c2cncc3c2COCC3O)ccc1O. The van der Waals surface area contributed by atoms with Crippen molar-refractivity contribution in [3.8, 4) is 16.9 Å². The zero-order valence-electron chi connectivity index (χ0n) is 11.6. The number of fused-ring (bicyclic) bond motifs is 1. The molecule has 0 bridgehead atoms. The molecule has 0 saturated heterocycles. The highest BCUT2D eigenvalue weighted by atomic mass is 16.5. The number of ether oxygens (including phenoxy) is 1. The summed E-state index contributed by atoms with van der Waals surface area (Å²) in [5, 5.41) is 27.5. The van der Waals surface area contributed by atoms with E-state index >= 15 is 0 Å². The monoisotopic (exact) mass is 284 g/mol. The van der Waals surface area contributed by atoms with Crippen LogP contribution in [0, 0.1) is 5.41 Å². The number of aromatic hydroxyl groups is 1. The van der Waals surface area contributed by atoms with Crippen molar-refractivity contribution in [3.05, 3.63) is 47.3 Å². The number of pyridine rings is 1. The van der Waals surface area contributed by atoms with Gasteiger partial charge in [0.2, 0.25) is 0 Å². The van der Waals surface area contributed by atoms with Gasteiger partial charge in [-0.1, -0.05) is 6.07 Å². The van der Waals surface area contributed by atoms with Crippen molar-refractivity contribution in [3.63, 3.8) is 0 Å². The van der Waals surface area contributed by atoms with Crippen molar-refractivity contribution in [2.24, 2.45) is 0 Å². The Balaban J connectivity index is 2.15. The Morgan fingerprint density at radius 3 is 2.95 bits per heavy atom. The molecule has 3 rings (SSSR count). The number of nitrogens with zero attached hydrogens (tertiary/aromatic N) is 1. The largest absolute Gasteiger partial charge is 0.507 e.